The predicted molar refractivity (Wildman–Crippen MR) is 122 cm³/mol. The fraction of sp³-hybridized carbons (Fsp3) is 0.136. The quantitative estimate of drug-likeness (QED) is 0.402. The Kier molecular flexibility index (Phi) is 5.49. The highest BCUT2D eigenvalue weighted by Crippen LogP contribution is 2.29. The van der Waals surface area contributed by atoms with Crippen LogP contribution in [0.15, 0.2) is 53.0 Å². The van der Waals surface area contributed by atoms with Crippen molar-refractivity contribution >= 4 is 50.2 Å². The first kappa shape index (κ1) is 20.4. The lowest BCUT2D eigenvalue weighted by atomic mass is 10.1. The van der Waals surface area contributed by atoms with E-state index in [4.69, 9.17) is 16.3 Å². The number of aromatic nitrogens is 3. The number of hydrogen-bond donors (Lipinski definition) is 1. The van der Waals surface area contributed by atoms with Crippen molar-refractivity contribution in [1.82, 2.24) is 15.0 Å². The molecule has 1 N–H and O–H groups in total. The Bertz CT molecular complexity index is 1290. The van der Waals surface area contributed by atoms with Crippen LogP contribution in [0, 0.1) is 13.8 Å². The van der Waals surface area contributed by atoms with Gasteiger partial charge in [0, 0.05) is 15.2 Å². The van der Waals surface area contributed by atoms with Crippen LogP contribution in [0.5, 0.6) is 5.75 Å². The first-order valence-corrected chi connectivity index (χ1v) is 10.3. The summed E-state index contributed by atoms with van der Waals surface area (Å²) < 4.78 is 6.22. The molecule has 0 unspecified atom stereocenters. The van der Waals surface area contributed by atoms with Crippen molar-refractivity contribution in [2.45, 2.75) is 13.8 Å². The van der Waals surface area contributed by atoms with Crippen molar-refractivity contribution in [3.05, 3.63) is 74.7 Å². The van der Waals surface area contributed by atoms with E-state index >= 15 is 0 Å². The second-order valence-electron chi connectivity index (χ2n) is 6.88. The number of halogens is 2. The lowest BCUT2D eigenvalue weighted by Crippen LogP contribution is -2.13. The van der Waals surface area contributed by atoms with Gasteiger partial charge in [0.1, 0.15) is 16.8 Å². The summed E-state index contributed by atoms with van der Waals surface area (Å²) in [7, 11) is 1.55. The maximum Gasteiger partial charge on any atom is 0.259 e. The molecule has 1 heterocycles. The van der Waals surface area contributed by atoms with Gasteiger partial charge >= 0.3 is 0 Å². The predicted octanol–water partition coefficient (Wildman–Crippen LogP) is 5.71. The summed E-state index contributed by atoms with van der Waals surface area (Å²) in [6, 6.07) is 14.7. The van der Waals surface area contributed by atoms with Gasteiger partial charge in [-0.05, 0) is 67.4 Å². The second-order valence-corrected chi connectivity index (χ2v) is 8.21. The highest BCUT2D eigenvalue weighted by Gasteiger charge is 2.16. The molecule has 152 valence electrons. The minimum atomic E-state index is -0.270. The highest BCUT2D eigenvalue weighted by molar-refractivity contribution is 9.10. The van der Waals surface area contributed by atoms with Gasteiger partial charge < -0.3 is 10.1 Å². The van der Waals surface area contributed by atoms with Crippen LogP contribution < -0.4 is 10.1 Å². The number of anilines is 1. The van der Waals surface area contributed by atoms with Crippen LogP contribution in [0.3, 0.4) is 0 Å². The lowest BCUT2D eigenvalue weighted by molar-refractivity contribution is 0.102. The van der Waals surface area contributed by atoms with E-state index < -0.39 is 0 Å². The first-order valence-electron chi connectivity index (χ1n) is 9.15. The van der Waals surface area contributed by atoms with Gasteiger partial charge in [-0.15, -0.1) is 10.2 Å². The number of fused-ring (bicyclic) bond motifs is 1. The number of amides is 1. The van der Waals surface area contributed by atoms with E-state index in [2.05, 4.69) is 31.4 Å². The second kappa shape index (κ2) is 8.08. The number of ether oxygens (including phenoxy) is 1. The summed E-state index contributed by atoms with van der Waals surface area (Å²) in [5.74, 6) is 0.271. The van der Waals surface area contributed by atoms with Gasteiger partial charge in [0.15, 0.2) is 0 Å². The molecule has 1 amide bonds. The van der Waals surface area contributed by atoms with Crippen LogP contribution >= 0.6 is 27.5 Å². The number of benzene rings is 3. The van der Waals surface area contributed by atoms with Crippen LogP contribution in [-0.2, 0) is 0 Å². The van der Waals surface area contributed by atoms with Crippen LogP contribution in [0.25, 0.3) is 16.7 Å². The molecular formula is C22H18BrClN4O2. The fourth-order valence-corrected chi connectivity index (χ4v) is 3.93. The first-order chi connectivity index (χ1) is 14.4. The number of nitrogens with zero attached hydrogens (tertiary/aromatic N) is 3. The lowest BCUT2D eigenvalue weighted by Gasteiger charge is -2.12. The Morgan fingerprint density at radius 3 is 2.53 bits per heavy atom. The molecule has 3 aromatic carbocycles. The SMILES string of the molecule is COc1c(C)cc(Br)cc1C(=O)Nc1ccc2nn(-c3ccc(C)c(Cl)c3)nc2c1. The van der Waals surface area contributed by atoms with E-state index in [0.717, 1.165) is 21.3 Å². The molecule has 0 spiro atoms. The molecule has 0 fully saturated rings. The van der Waals surface area contributed by atoms with E-state index in [1.165, 1.54) is 4.80 Å². The smallest absolute Gasteiger partial charge is 0.259 e. The molecule has 1 aromatic heterocycles. The van der Waals surface area contributed by atoms with Crippen LogP contribution in [0.2, 0.25) is 5.02 Å². The summed E-state index contributed by atoms with van der Waals surface area (Å²) in [6.45, 7) is 3.83. The zero-order valence-corrected chi connectivity index (χ0v) is 18.9. The van der Waals surface area contributed by atoms with Gasteiger partial charge in [0.2, 0.25) is 0 Å². The number of carbonyl (C=O) groups is 1. The Balaban J connectivity index is 1.64. The highest BCUT2D eigenvalue weighted by atomic mass is 79.9. The maximum absolute atomic E-state index is 12.9. The van der Waals surface area contributed by atoms with Crippen molar-refractivity contribution < 1.29 is 9.53 Å². The third-order valence-corrected chi connectivity index (χ3v) is 5.58. The average Bonchev–Trinajstić information content (AvgIpc) is 3.13. The number of nitrogens with one attached hydrogen (secondary N) is 1. The standard InChI is InChI=1S/C22H18BrClN4O2/c1-12-4-6-16(11-18(12)24)28-26-19-7-5-15(10-20(19)27-28)25-22(29)17-9-14(23)8-13(2)21(17)30-3/h4-11H,1-3H3,(H,25,29). The normalized spacial score (nSPS) is 11.0. The van der Waals surface area contributed by atoms with E-state index in [1.807, 2.05) is 44.2 Å². The Morgan fingerprint density at radius 1 is 1.03 bits per heavy atom. The largest absolute Gasteiger partial charge is 0.496 e. The summed E-state index contributed by atoms with van der Waals surface area (Å²) >= 11 is 9.65. The summed E-state index contributed by atoms with van der Waals surface area (Å²) in [4.78, 5) is 14.4. The number of rotatable bonds is 4. The van der Waals surface area contributed by atoms with Gasteiger partial charge in [-0.2, -0.15) is 4.80 Å². The minimum Gasteiger partial charge on any atom is -0.496 e. The molecule has 0 radical (unpaired) electrons. The molecule has 4 aromatic rings. The van der Waals surface area contributed by atoms with Gasteiger partial charge in [0.25, 0.3) is 5.91 Å². The van der Waals surface area contributed by atoms with Gasteiger partial charge in [0.05, 0.1) is 18.4 Å². The number of hydrogen-bond acceptors (Lipinski definition) is 4. The van der Waals surface area contributed by atoms with E-state index in [1.54, 1.807) is 25.3 Å². The van der Waals surface area contributed by atoms with E-state index in [9.17, 15) is 4.79 Å². The molecule has 6 nitrogen and oxygen atoms in total. The van der Waals surface area contributed by atoms with Crippen LogP contribution in [-0.4, -0.2) is 28.0 Å². The number of methoxy groups -OCH3 is 1. The molecule has 0 atom stereocenters. The molecule has 0 aliphatic carbocycles. The monoisotopic (exact) mass is 484 g/mol. The summed E-state index contributed by atoms with van der Waals surface area (Å²) in [6.07, 6.45) is 0. The van der Waals surface area contributed by atoms with Crippen molar-refractivity contribution in [3.8, 4) is 11.4 Å². The maximum atomic E-state index is 12.9. The van der Waals surface area contributed by atoms with Crippen molar-refractivity contribution in [2.24, 2.45) is 0 Å². The van der Waals surface area contributed by atoms with Crippen LogP contribution in [0.4, 0.5) is 5.69 Å². The topological polar surface area (TPSA) is 69.0 Å². The molecule has 30 heavy (non-hydrogen) atoms. The Labute approximate surface area is 186 Å². The third kappa shape index (κ3) is 3.91. The Hall–Kier alpha value is -2.90. The molecule has 0 aliphatic rings. The van der Waals surface area contributed by atoms with Crippen molar-refractivity contribution in [2.75, 3.05) is 12.4 Å². The molecule has 0 bridgehead atoms. The van der Waals surface area contributed by atoms with E-state index in [0.29, 0.717) is 33.1 Å². The van der Waals surface area contributed by atoms with Gasteiger partial charge in [-0.25, -0.2) is 0 Å². The molecule has 4 rings (SSSR count). The molecule has 0 aliphatic heterocycles. The average molecular weight is 486 g/mol. The van der Waals surface area contributed by atoms with Gasteiger partial charge in [-0.1, -0.05) is 33.6 Å². The van der Waals surface area contributed by atoms with E-state index in [-0.39, 0.29) is 5.91 Å². The number of aryl methyl sites for hydroxylation is 2. The minimum absolute atomic E-state index is 0.270. The molecule has 8 heteroatoms. The van der Waals surface area contributed by atoms with Crippen molar-refractivity contribution in [1.29, 1.82) is 0 Å². The molecular weight excluding hydrogens is 468 g/mol. The molecule has 0 saturated carbocycles. The summed E-state index contributed by atoms with van der Waals surface area (Å²) in [5, 5.41) is 12.6. The molecule has 0 saturated heterocycles. The van der Waals surface area contributed by atoms with Crippen LogP contribution in [0.1, 0.15) is 21.5 Å². The zero-order valence-electron chi connectivity index (χ0n) is 16.5. The zero-order chi connectivity index (χ0) is 21.4. The fourth-order valence-electron chi connectivity index (χ4n) is 3.18. The Morgan fingerprint density at radius 2 is 1.80 bits per heavy atom. The van der Waals surface area contributed by atoms with Gasteiger partial charge in [-0.3, -0.25) is 4.79 Å². The van der Waals surface area contributed by atoms with Crippen molar-refractivity contribution in [3.63, 3.8) is 0 Å². The number of carbonyl (C=O) groups excluding carboxylic acids is 1. The third-order valence-electron chi connectivity index (χ3n) is 4.71. The summed E-state index contributed by atoms with van der Waals surface area (Å²) in [5.41, 5.74) is 5.04.